The first kappa shape index (κ1) is 16.7. The highest BCUT2D eigenvalue weighted by atomic mass is 16.9. The maximum Gasteiger partial charge on any atom is 0.537 e. The number of aromatic hydroxyl groups is 2. The van der Waals surface area contributed by atoms with Crippen LogP contribution >= 0.6 is 0 Å². The summed E-state index contributed by atoms with van der Waals surface area (Å²) in [6.45, 7) is 3.65. The van der Waals surface area contributed by atoms with E-state index in [0.29, 0.717) is 24.0 Å². The van der Waals surface area contributed by atoms with Gasteiger partial charge in [0.05, 0.1) is 0 Å². The molecule has 0 saturated carbocycles. The smallest absolute Gasteiger partial charge is 0.492 e. The van der Waals surface area contributed by atoms with E-state index in [1.54, 1.807) is 0 Å². The average Bonchev–Trinajstić information content (AvgIpc) is 2.71. The van der Waals surface area contributed by atoms with Crippen molar-refractivity contribution in [1.82, 2.24) is 4.73 Å². The zero-order chi connectivity index (χ0) is 15.8. The minimum atomic E-state index is -1.21. The zero-order valence-electron chi connectivity index (χ0n) is 11.9. The predicted molar refractivity (Wildman–Crippen MR) is 70.5 cm³/mol. The Hall–Kier alpha value is -2.38. The second-order valence-electron chi connectivity index (χ2n) is 4.26. The van der Waals surface area contributed by atoms with E-state index in [0.717, 1.165) is 12.1 Å². The van der Waals surface area contributed by atoms with Gasteiger partial charge in [0, 0.05) is 25.0 Å². The van der Waals surface area contributed by atoms with Crippen LogP contribution in [0.4, 0.5) is 4.79 Å². The third-order valence-electron chi connectivity index (χ3n) is 2.43. The van der Waals surface area contributed by atoms with Crippen LogP contribution in [0.15, 0.2) is 12.1 Å². The Morgan fingerprint density at radius 3 is 2.29 bits per heavy atom. The maximum absolute atomic E-state index is 11.6. The van der Waals surface area contributed by atoms with Gasteiger partial charge in [-0.3, -0.25) is 9.63 Å². The van der Waals surface area contributed by atoms with Gasteiger partial charge in [0.25, 0.3) is 6.29 Å². The molecule has 1 unspecified atom stereocenters. The molecule has 21 heavy (non-hydrogen) atoms. The SMILES string of the molecule is CCCC(=O)OC(CCC)OC(=O)On1c(O)ccc1O. The van der Waals surface area contributed by atoms with E-state index in [9.17, 15) is 19.8 Å². The molecule has 8 nitrogen and oxygen atoms in total. The fourth-order valence-electron chi connectivity index (χ4n) is 1.49. The monoisotopic (exact) mass is 301 g/mol. The van der Waals surface area contributed by atoms with Gasteiger partial charge in [-0.25, -0.2) is 4.79 Å². The molecule has 0 bridgehead atoms. The van der Waals surface area contributed by atoms with E-state index in [4.69, 9.17) is 9.47 Å². The van der Waals surface area contributed by atoms with Gasteiger partial charge in [0.2, 0.25) is 11.8 Å². The molecule has 1 rings (SSSR count). The lowest BCUT2D eigenvalue weighted by atomic mass is 10.3. The summed E-state index contributed by atoms with van der Waals surface area (Å²) < 4.78 is 10.3. The molecule has 2 N–H and O–H groups in total. The molecule has 1 atom stereocenters. The molecule has 1 aromatic rings. The standard InChI is InChI=1S/C13H19NO7/c1-3-5-11(17)19-12(6-4-2)20-13(18)21-14-9(15)7-8-10(14)16/h7-8,12,15-16H,3-6H2,1-2H3. The average molecular weight is 301 g/mol. The number of esters is 1. The predicted octanol–water partition coefficient (Wildman–Crippen LogP) is 1.93. The van der Waals surface area contributed by atoms with E-state index in [1.165, 1.54) is 0 Å². The Bertz CT molecular complexity index is 463. The Morgan fingerprint density at radius 2 is 1.76 bits per heavy atom. The first-order valence-corrected chi connectivity index (χ1v) is 6.66. The zero-order valence-corrected chi connectivity index (χ0v) is 11.9. The van der Waals surface area contributed by atoms with Crippen LogP contribution in [0.3, 0.4) is 0 Å². The van der Waals surface area contributed by atoms with Crippen molar-refractivity contribution in [3.05, 3.63) is 12.1 Å². The Labute approximate surface area is 121 Å². The minimum absolute atomic E-state index is 0.220. The van der Waals surface area contributed by atoms with Crippen molar-refractivity contribution in [2.24, 2.45) is 0 Å². The van der Waals surface area contributed by atoms with Crippen molar-refractivity contribution >= 4 is 12.1 Å². The second kappa shape index (κ2) is 8.03. The van der Waals surface area contributed by atoms with Gasteiger partial charge in [0.1, 0.15) is 0 Å². The maximum atomic E-state index is 11.6. The molecule has 8 heteroatoms. The quantitative estimate of drug-likeness (QED) is 0.585. The van der Waals surface area contributed by atoms with E-state index in [-0.39, 0.29) is 6.42 Å². The summed E-state index contributed by atoms with van der Waals surface area (Å²) in [5, 5.41) is 18.6. The summed E-state index contributed by atoms with van der Waals surface area (Å²) in [5.74, 6) is -1.42. The molecular weight excluding hydrogens is 282 g/mol. The van der Waals surface area contributed by atoms with Crippen LogP contribution in [0.25, 0.3) is 0 Å². The molecule has 0 aliphatic carbocycles. The van der Waals surface area contributed by atoms with Crippen molar-refractivity contribution < 1.29 is 34.1 Å². The molecule has 0 aliphatic rings. The number of carbonyl (C=O) groups is 2. The third kappa shape index (κ3) is 5.25. The minimum Gasteiger partial charge on any atom is -0.492 e. The molecule has 0 aromatic carbocycles. The molecule has 1 aromatic heterocycles. The van der Waals surface area contributed by atoms with Gasteiger partial charge < -0.3 is 19.7 Å². The van der Waals surface area contributed by atoms with Crippen molar-refractivity contribution in [1.29, 1.82) is 0 Å². The molecule has 0 saturated heterocycles. The number of carbonyl (C=O) groups excluding carboxylic acids is 2. The van der Waals surface area contributed by atoms with Crippen molar-refractivity contribution in [3.8, 4) is 11.8 Å². The van der Waals surface area contributed by atoms with Crippen LogP contribution in [-0.2, 0) is 14.3 Å². The van der Waals surface area contributed by atoms with Gasteiger partial charge in [-0.1, -0.05) is 13.8 Å². The molecule has 0 spiro atoms. The van der Waals surface area contributed by atoms with Gasteiger partial charge in [-0.05, 0) is 12.8 Å². The van der Waals surface area contributed by atoms with Crippen molar-refractivity contribution in [2.75, 3.05) is 0 Å². The highest BCUT2D eigenvalue weighted by molar-refractivity contribution is 5.69. The van der Waals surface area contributed by atoms with Gasteiger partial charge in [-0.2, -0.15) is 0 Å². The third-order valence-corrected chi connectivity index (χ3v) is 2.43. The van der Waals surface area contributed by atoms with E-state index in [2.05, 4.69) is 4.84 Å². The van der Waals surface area contributed by atoms with Crippen LogP contribution in [0, 0.1) is 0 Å². The highest BCUT2D eigenvalue weighted by Crippen LogP contribution is 2.19. The first-order chi connectivity index (χ1) is 9.97. The number of hydrogen-bond donors (Lipinski definition) is 2. The second-order valence-corrected chi connectivity index (χ2v) is 4.26. The first-order valence-electron chi connectivity index (χ1n) is 6.66. The molecule has 0 radical (unpaired) electrons. The van der Waals surface area contributed by atoms with Crippen molar-refractivity contribution in [3.63, 3.8) is 0 Å². The summed E-state index contributed by atoms with van der Waals surface area (Å²) in [6, 6.07) is 2.26. The topological polar surface area (TPSA) is 107 Å². The molecular formula is C13H19NO7. The van der Waals surface area contributed by atoms with Gasteiger partial charge >= 0.3 is 12.1 Å². The largest absolute Gasteiger partial charge is 0.537 e. The van der Waals surface area contributed by atoms with Crippen LogP contribution < -0.4 is 4.84 Å². The summed E-state index contributed by atoms with van der Waals surface area (Å²) in [6.07, 6.45) is -0.502. The van der Waals surface area contributed by atoms with Crippen molar-refractivity contribution in [2.45, 2.75) is 45.8 Å². The normalized spacial score (nSPS) is 11.7. The molecule has 0 amide bonds. The number of hydrogen-bond acceptors (Lipinski definition) is 7. The molecule has 0 aliphatic heterocycles. The summed E-state index contributed by atoms with van der Waals surface area (Å²) in [7, 11) is 0. The number of ether oxygens (including phenoxy) is 2. The fraction of sp³-hybridized carbons (Fsp3) is 0.538. The van der Waals surface area contributed by atoms with E-state index in [1.807, 2.05) is 13.8 Å². The van der Waals surface area contributed by atoms with Crippen LogP contribution in [0.5, 0.6) is 11.8 Å². The van der Waals surface area contributed by atoms with Crippen LogP contribution in [0.1, 0.15) is 39.5 Å². The Kier molecular flexibility index (Phi) is 6.38. The van der Waals surface area contributed by atoms with Crippen LogP contribution in [0.2, 0.25) is 0 Å². The Balaban J connectivity index is 2.58. The molecule has 1 heterocycles. The van der Waals surface area contributed by atoms with Crippen LogP contribution in [-0.4, -0.2) is 33.4 Å². The number of rotatable bonds is 7. The summed E-state index contributed by atoms with van der Waals surface area (Å²) in [4.78, 5) is 27.6. The lowest BCUT2D eigenvalue weighted by molar-refractivity contribution is -0.172. The fourth-order valence-corrected chi connectivity index (χ4v) is 1.49. The van der Waals surface area contributed by atoms with E-state index < -0.39 is 30.2 Å². The summed E-state index contributed by atoms with van der Waals surface area (Å²) >= 11 is 0. The van der Waals surface area contributed by atoms with Gasteiger partial charge in [-0.15, -0.1) is 4.73 Å². The Morgan fingerprint density at radius 1 is 1.14 bits per heavy atom. The lowest BCUT2D eigenvalue weighted by Gasteiger charge is -2.17. The molecule has 0 fully saturated rings. The number of aromatic nitrogens is 1. The highest BCUT2D eigenvalue weighted by Gasteiger charge is 2.21. The number of nitrogens with zero attached hydrogens (tertiary/aromatic N) is 1. The van der Waals surface area contributed by atoms with Gasteiger partial charge in [0.15, 0.2) is 0 Å². The summed E-state index contributed by atoms with van der Waals surface area (Å²) in [5.41, 5.74) is 0. The molecule has 118 valence electrons. The van der Waals surface area contributed by atoms with E-state index >= 15 is 0 Å². The lowest BCUT2D eigenvalue weighted by Crippen LogP contribution is -2.29.